The normalized spacial score (nSPS) is 24.0. The van der Waals surface area contributed by atoms with Gasteiger partial charge < -0.3 is 15.3 Å². The van der Waals surface area contributed by atoms with Crippen molar-refractivity contribution in [2.75, 3.05) is 0 Å². The number of ketones is 2. The van der Waals surface area contributed by atoms with Crippen molar-refractivity contribution < 1.29 is 24.9 Å². The fourth-order valence-corrected chi connectivity index (χ4v) is 3.16. The quantitative estimate of drug-likeness (QED) is 0.453. The smallest absolute Gasteiger partial charge is 0.176 e. The van der Waals surface area contributed by atoms with Gasteiger partial charge in [0.1, 0.15) is 11.3 Å². The fraction of sp³-hybridized carbons (Fsp3) is 0.619. The zero-order valence-electron chi connectivity index (χ0n) is 16.7. The Morgan fingerprint density at radius 1 is 1.15 bits per heavy atom. The number of carbonyl (C=O) groups is 2. The van der Waals surface area contributed by atoms with Crippen molar-refractivity contribution in [1.29, 1.82) is 0 Å². The minimum atomic E-state index is -2.16. The number of aliphatic hydroxyl groups excluding tert-OH is 2. The van der Waals surface area contributed by atoms with E-state index in [4.69, 9.17) is 0 Å². The maximum Gasteiger partial charge on any atom is 0.176 e. The van der Waals surface area contributed by atoms with Gasteiger partial charge in [0.25, 0.3) is 0 Å². The minimum absolute atomic E-state index is 0.0103. The van der Waals surface area contributed by atoms with Crippen LogP contribution in [0.3, 0.4) is 0 Å². The summed E-state index contributed by atoms with van der Waals surface area (Å²) in [4.78, 5) is 25.3. The van der Waals surface area contributed by atoms with E-state index >= 15 is 0 Å². The Labute approximate surface area is 156 Å². The van der Waals surface area contributed by atoms with Gasteiger partial charge in [0.05, 0.1) is 12.0 Å². The van der Waals surface area contributed by atoms with E-state index in [1.54, 1.807) is 12.2 Å². The lowest BCUT2D eigenvalue weighted by molar-refractivity contribution is -0.134. The molecule has 1 aliphatic carbocycles. The molecule has 0 radical (unpaired) electrons. The van der Waals surface area contributed by atoms with E-state index in [1.807, 2.05) is 41.5 Å². The van der Waals surface area contributed by atoms with Crippen molar-refractivity contribution in [2.24, 2.45) is 11.8 Å². The summed E-state index contributed by atoms with van der Waals surface area (Å²) in [5, 5.41) is 32.4. The lowest BCUT2D eigenvalue weighted by Gasteiger charge is -2.33. The molecule has 5 heteroatoms. The van der Waals surface area contributed by atoms with Crippen molar-refractivity contribution in [2.45, 2.75) is 72.5 Å². The van der Waals surface area contributed by atoms with Crippen LogP contribution in [0, 0.1) is 11.8 Å². The van der Waals surface area contributed by atoms with E-state index in [1.165, 1.54) is 0 Å². The van der Waals surface area contributed by atoms with Crippen LogP contribution in [0.5, 0.6) is 0 Å². The van der Waals surface area contributed by atoms with E-state index in [9.17, 15) is 24.9 Å². The number of aliphatic hydroxyl groups is 3. The van der Waals surface area contributed by atoms with Crippen LogP contribution in [0.15, 0.2) is 34.6 Å². The molecule has 0 amide bonds. The molecule has 26 heavy (non-hydrogen) atoms. The van der Waals surface area contributed by atoms with Crippen LogP contribution in [-0.2, 0) is 9.59 Å². The third-order valence-corrected chi connectivity index (χ3v) is 4.60. The molecule has 0 aliphatic heterocycles. The topological polar surface area (TPSA) is 94.8 Å². The van der Waals surface area contributed by atoms with Crippen molar-refractivity contribution in [1.82, 2.24) is 0 Å². The van der Waals surface area contributed by atoms with E-state index in [-0.39, 0.29) is 30.8 Å². The van der Waals surface area contributed by atoms with Gasteiger partial charge in [-0.3, -0.25) is 9.59 Å². The standard InChI is InChI=1S/C21H32O5/c1-12(2)7-9-15-19(24)18(16(22)11-14(5)6)20(25)21(15,26)17(23)10-8-13(3)4/h7-8,14-15,17,23,25-26H,9-11H2,1-6H3/t15-,17-,21+/m0/s1. The number of hydrogen-bond donors (Lipinski definition) is 3. The van der Waals surface area contributed by atoms with Crippen LogP contribution in [0.1, 0.15) is 60.8 Å². The molecule has 0 fully saturated rings. The molecule has 146 valence electrons. The molecule has 0 heterocycles. The lowest BCUT2D eigenvalue weighted by Crippen LogP contribution is -2.49. The Balaban J connectivity index is 3.38. The van der Waals surface area contributed by atoms with Crippen LogP contribution in [-0.4, -0.2) is 38.6 Å². The molecule has 3 atom stereocenters. The molecule has 0 bridgehead atoms. The largest absolute Gasteiger partial charge is 0.508 e. The second kappa shape index (κ2) is 8.78. The van der Waals surface area contributed by atoms with E-state index in [2.05, 4.69) is 0 Å². The molecular formula is C21H32O5. The fourth-order valence-electron chi connectivity index (χ4n) is 3.16. The Morgan fingerprint density at radius 2 is 1.69 bits per heavy atom. The van der Waals surface area contributed by atoms with Crippen LogP contribution >= 0.6 is 0 Å². The molecule has 3 N–H and O–H groups in total. The first-order chi connectivity index (χ1) is 11.9. The van der Waals surface area contributed by atoms with Gasteiger partial charge in [0, 0.05) is 6.42 Å². The SMILES string of the molecule is CC(C)=CC[C@H](O)[C@@]1(O)C(O)=C(C(=O)CC(C)C)C(=O)[C@@H]1CC=C(C)C. The second-order valence-electron chi connectivity index (χ2n) is 8.04. The summed E-state index contributed by atoms with van der Waals surface area (Å²) >= 11 is 0. The molecule has 0 aromatic rings. The van der Waals surface area contributed by atoms with Crippen molar-refractivity contribution in [3.8, 4) is 0 Å². The van der Waals surface area contributed by atoms with Gasteiger partial charge in [-0.2, -0.15) is 0 Å². The summed E-state index contributed by atoms with van der Waals surface area (Å²) in [5.74, 6) is -2.84. The van der Waals surface area contributed by atoms with E-state index < -0.39 is 34.9 Å². The Bertz CT molecular complexity index is 645. The lowest BCUT2D eigenvalue weighted by atomic mass is 9.80. The molecule has 1 rings (SSSR count). The highest BCUT2D eigenvalue weighted by Crippen LogP contribution is 2.43. The highest BCUT2D eigenvalue weighted by molar-refractivity contribution is 6.23. The maximum absolute atomic E-state index is 12.9. The summed E-state index contributed by atoms with van der Waals surface area (Å²) in [5.41, 5.74) is -0.626. The summed E-state index contributed by atoms with van der Waals surface area (Å²) in [7, 11) is 0. The van der Waals surface area contributed by atoms with Gasteiger partial charge in [0.15, 0.2) is 17.2 Å². The number of carbonyl (C=O) groups excluding carboxylic acids is 2. The van der Waals surface area contributed by atoms with Crippen LogP contribution in [0.2, 0.25) is 0 Å². The molecule has 0 spiro atoms. The third kappa shape index (κ3) is 4.71. The average molecular weight is 364 g/mol. The first kappa shape index (κ1) is 22.3. The molecule has 0 saturated heterocycles. The number of Topliss-reactive ketones (excluding diaryl/α,β-unsaturated/α-hetero) is 2. The minimum Gasteiger partial charge on any atom is -0.508 e. The third-order valence-electron chi connectivity index (χ3n) is 4.60. The molecule has 5 nitrogen and oxygen atoms in total. The van der Waals surface area contributed by atoms with Crippen molar-refractivity contribution >= 4 is 11.6 Å². The van der Waals surface area contributed by atoms with E-state index in [0.717, 1.165) is 11.1 Å². The highest BCUT2D eigenvalue weighted by Gasteiger charge is 2.58. The molecule has 0 unspecified atom stereocenters. The Morgan fingerprint density at radius 3 is 2.15 bits per heavy atom. The van der Waals surface area contributed by atoms with E-state index in [0.29, 0.717) is 0 Å². The summed E-state index contributed by atoms with van der Waals surface area (Å²) < 4.78 is 0. The summed E-state index contributed by atoms with van der Waals surface area (Å²) in [6, 6.07) is 0. The summed E-state index contributed by atoms with van der Waals surface area (Å²) in [6.07, 6.45) is 2.43. The van der Waals surface area contributed by atoms with Crippen LogP contribution in [0.4, 0.5) is 0 Å². The van der Waals surface area contributed by atoms with Gasteiger partial charge >= 0.3 is 0 Å². The first-order valence-electron chi connectivity index (χ1n) is 9.11. The molecule has 0 saturated carbocycles. The molecular weight excluding hydrogens is 332 g/mol. The van der Waals surface area contributed by atoms with Gasteiger partial charge in [-0.05, 0) is 46.5 Å². The van der Waals surface area contributed by atoms with Crippen molar-refractivity contribution in [3.05, 3.63) is 34.6 Å². The Kier molecular flexibility index (Phi) is 7.54. The summed E-state index contributed by atoms with van der Waals surface area (Å²) in [6.45, 7) is 11.1. The van der Waals surface area contributed by atoms with Gasteiger partial charge in [-0.1, -0.05) is 37.1 Å². The Hall–Kier alpha value is -1.72. The van der Waals surface area contributed by atoms with Gasteiger partial charge in [0.2, 0.25) is 0 Å². The predicted molar refractivity (Wildman–Crippen MR) is 102 cm³/mol. The van der Waals surface area contributed by atoms with Gasteiger partial charge in [-0.25, -0.2) is 0 Å². The predicted octanol–water partition coefficient (Wildman–Crippen LogP) is 3.42. The molecule has 0 aromatic heterocycles. The maximum atomic E-state index is 12.9. The average Bonchev–Trinajstić information content (AvgIpc) is 2.69. The monoisotopic (exact) mass is 364 g/mol. The molecule has 1 aliphatic rings. The van der Waals surface area contributed by atoms with Crippen LogP contribution < -0.4 is 0 Å². The number of rotatable bonds is 8. The number of allylic oxidation sites excluding steroid dienone is 4. The first-order valence-corrected chi connectivity index (χ1v) is 9.11. The van der Waals surface area contributed by atoms with Gasteiger partial charge in [-0.15, -0.1) is 0 Å². The highest BCUT2D eigenvalue weighted by atomic mass is 16.4. The van der Waals surface area contributed by atoms with Crippen molar-refractivity contribution in [3.63, 3.8) is 0 Å². The molecule has 0 aromatic carbocycles. The van der Waals surface area contributed by atoms with Crippen LogP contribution in [0.25, 0.3) is 0 Å². The second-order valence-corrected chi connectivity index (χ2v) is 8.04. The zero-order valence-corrected chi connectivity index (χ0v) is 16.7. The zero-order chi connectivity index (χ0) is 20.2. The number of hydrogen-bond acceptors (Lipinski definition) is 5.